The van der Waals surface area contributed by atoms with Crippen LogP contribution in [-0.4, -0.2) is 31.7 Å². The molecule has 0 aliphatic carbocycles. The molecule has 0 amide bonds. The van der Waals surface area contributed by atoms with Gasteiger partial charge in [-0.3, -0.25) is 0 Å². The van der Waals surface area contributed by atoms with E-state index < -0.39 is 0 Å². The van der Waals surface area contributed by atoms with Crippen LogP contribution >= 0.6 is 11.6 Å². The first-order valence-corrected chi connectivity index (χ1v) is 7.39. The van der Waals surface area contributed by atoms with Gasteiger partial charge in [0.15, 0.2) is 11.5 Å². The summed E-state index contributed by atoms with van der Waals surface area (Å²) in [5, 5.41) is 12.4. The number of oxime groups is 1. The lowest BCUT2D eigenvalue weighted by atomic mass is 10.2. The number of ether oxygens (including phenoxy) is 3. The van der Waals surface area contributed by atoms with E-state index in [-0.39, 0.29) is 0 Å². The molecule has 122 valence electrons. The highest BCUT2D eigenvalue weighted by Gasteiger charge is 2.09. The van der Waals surface area contributed by atoms with Crippen LogP contribution in [0.2, 0.25) is 5.02 Å². The van der Waals surface area contributed by atoms with Crippen molar-refractivity contribution in [1.82, 2.24) is 0 Å². The van der Waals surface area contributed by atoms with E-state index in [9.17, 15) is 0 Å². The molecule has 0 unspecified atom stereocenters. The number of methoxy groups -OCH3 is 1. The molecular weight excluding hydrogens is 318 g/mol. The monoisotopic (exact) mass is 335 g/mol. The Morgan fingerprint density at radius 3 is 2.65 bits per heavy atom. The fourth-order valence-electron chi connectivity index (χ4n) is 2.02. The predicted molar refractivity (Wildman–Crippen MR) is 89.6 cm³/mol. The number of halogens is 1. The average molecular weight is 336 g/mol. The summed E-state index contributed by atoms with van der Waals surface area (Å²) < 4.78 is 16.6. The molecule has 0 aliphatic heterocycles. The Morgan fingerprint density at radius 2 is 1.96 bits per heavy atom. The highest BCUT2D eigenvalue weighted by Crippen LogP contribution is 2.30. The van der Waals surface area contributed by atoms with Crippen molar-refractivity contribution in [3.8, 4) is 17.2 Å². The molecule has 0 bridgehead atoms. The zero-order chi connectivity index (χ0) is 16.7. The number of aryl methyl sites for hydroxylation is 1. The Balaban J connectivity index is 1.97. The Kier molecular flexibility index (Phi) is 6.11. The summed E-state index contributed by atoms with van der Waals surface area (Å²) in [5.74, 6) is 1.79. The molecular formula is C17H18ClNO4. The van der Waals surface area contributed by atoms with Crippen molar-refractivity contribution in [2.24, 2.45) is 5.16 Å². The molecule has 0 aromatic heterocycles. The molecule has 0 atom stereocenters. The maximum absolute atomic E-state index is 8.71. The minimum Gasteiger partial charge on any atom is -0.493 e. The molecule has 23 heavy (non-hydrogen) atoms. The van der Waals surface area contributed by atoms with Crippen LogP contribution in [-0.2, 0) is 0 Å². The van der Waals surface area contributed by atoms with Crippen molar-refractivity contribution in [2.75, 3.05) is 20.3 Å². The Labute approximate surface area is 140 Å². The van der Waals surface area contributed by atoms with E-state index in [0.717, 1.165) is 11.3 Å². The molecule has 2 aromatic rings. The lowest BCUT2D eigenvalue weighted by Crippen LogP contribution is -2.10. The summed E-state index contributed by atoms with van der Waals surface area (Å²) in [6.07, 6.45) is 1.29. The van der Waals surface area contributed by atoms with Gasteiger partial charge >= 0.3 is 0 Å². The van der Waals surface area contributed by atoms with Gasteiger partial charge in [0.05, 0.1) is 13.3 Å². The third-order valence-corrected chi connectivity index (χ3v) is 3.58. The number of hydrogen-bond donors (Lipinski definition) is 1. The fraction of sp³-hybridized carbons (Fsp3) is 0.235. The second-order valence-corrected chi connectivity index (χ2v) is 5.14. The third-order valence-electron chi connectivity index (χ3n) is 3.15. The molecule has 2 aromatic carbocycles. The Hall–Kier alpha value is -2.40. The van der Waals surface area contributed by atoms with Gasteiger partial charge in [-0.15, -0.1) is 0 Å². The minimum absolute atomic E-state index is 0.314. The van der Waals surface area contributed by atoms with E-state index >= 15 is 0 Å². The lowest BCUT2D eigenvalue weighted by molar-refractivity contribution is 0.211. The molecule has 0 fully saturated rings. The van der Waals surface area contributed by atoms with Gasteiger partial charge in [-0.25, -0.2) is 0 Å². The third kappa shape index (κ3) is 4.53. The summed E-state index contributed by atoms with van der Waals surface area (Å²) in [4.78, 5) is 0. The van der Waals surface area contributed by atoms with Crippen LogP contribution in [0.15, 0.2) is 41.6 Å². The topological polar surface area (TPSA) is 60.3 Å². The molecule has 0 aliphatic rings. The van der Waals surface area contributed by atoms with Crippen LogP contribution < -0.4 is 14.2 Å². The lowest BCUT2D eigenvalue weighted by Gasteiger charge is -2.13. The van der Waals surface area contributed by atoms with E-state index in [1.807, 2.05) is 19.1 Å². The molecule has 0 spiro atoms. The van der Waals surface area contributed by atoms with Gasteiger partial charge < -0.3 is 19.4 Å². The zero-order valence-electron chi connectivity index (χ0n) is 13.0. The summed E-state index contributed by atoms with van der Waals surface area (Å²) in [6, 6.07) is 10.8. The summed E-state index contributed by atoms with van der Waals surface area (Å²) in [6.45, 7) is 2.59. The maximum atomic E-state index is 8.71. The molecule has 1 N–H and O–H groups in total. The molecule has 0 saturated heterocycles. The maximum Gasteiger partial charge on any atom is 0.170 e. The largest absolute Gasteiger partial charge is 0.493 e. The van der Waals surface area contributed by atoms with Gasteiger partial charge in [0, 0.05) is 10.6 Å². The second kappa shape index (κ2) is 8.29. The minimum atomic E-state index is 0.314. The predicted octanol–water partition coefficient (Wildman–Crippen LogP) is 3.92. The average Bonchev–Trinajstić information content (AvgIpc) is 2.56. The van der Waals surface area contributed by atoms with Crippen molar-refractivity contribution < 1.29 is 19.4 Å². The van der Waals surface area contributed by atoms with E-state index in [2.05, 4.69) is 5.16 Å². The van der Waals surface area contributed by atoms with E-state index in [1.54, 1.807) is 31.4 Å². The molecule has 6 heteroatoms. The second-order valence-electron chi connectivity index (χ2n) is 4.73. The fourth-order valence-corrected chi connectivity index (χ4v) is 2.14. The summed E-state index contributed by atoms with van der Waals surface area (Å²) in [5.41, 5.74) is 1.57. The highest BCUT2D eigenvalue weighted by molar-refractivity contribution is 6.31. The first-order valence-electron chi connectivity index (χ1n) is 7.02. The molecule has 0 saturated carbocycles. The number of benzene rings is 2. The van der Waals surface area contributed by atoms with Crippen LogP contribution in [0.1, 0.15) is 11.1 Å². The zero-order valence-corrected chi connectivity index (χ0v) is 13.7. The van der Waals surface area contributed by atoms with Crippen LogP contribution in [0.3, 0.4) is 0 Å². The standard InChI is InChI=1S/C17H18ClNO4/c1-12-10-14(6-7-15(12)18)22-8-9-23-17-13(11-19-20)4-3-5-16(17)21-2/h3-7,10-11,20H,8-9H2,1-2H3. The Morgan fingerprint density at radius 1 is 1.17 bits per heavy atom. The van der Waals surface area contributed by atoms with Crippen LogP contribution in [0.5, 0.6) is 17.2 Å². The quantitative estimate of drug-likeness (QED) is 0.360. The van der Waals surface area contributed by atoms with Crippen LogP contribution in [0.25, 0.3) is 0 Å². The number of nitrogens with zero attached hydrogens (tertiary/aromatic N) is 1. The number of para-hydroxylation sites is 1. The number of hydrogen-bond acceptors (Lipinski definition) is 5. The summed E-state index contributed by atoms with van der Waals surface area (Å²) in [7, 11) is 1.55. The number of rotatable bonds is 7. The van der Waals surface area contributed by atoms with Crippen LogP contribution in [0, 0.1) is 6.92 Å². The first kappa shape index (κ1) is 17.0. The molecule has 2 rings (SSSR count). The normalized spacial score (nSPS) is 10.7. The van der Waals surface area contributed by atoms with Crippen LogP contribution in [0.4, 0.5) is 0 Å². The van der Waals surface area contributed by atoms with Crippen molar-refractivity contribution >= 4 is 17.8 Å². The van der Waals surface area contributed by atoms with Gasteiger partial charge in [0.1, 0.15) is 19.0 Å². The van der Waals surface area contributed by atoms with Gasteiger partial charge in [-0.1, -0.05) is 22.8 Å². The first-order chi connectivity index (χ1) is 11.2. The van der Waals surface area contributed by atoms with Gasteiger partial charge in [-0.05, 0) is 42.8 Å². The highest BCUT2D eigenvalue weighted by atomic mass is 35.5. The van der Waals surface area contributed by atoms with E-state index in [4.69, 9.17) is 31.0 Å². The van der Waals surface area contributed by atoms with Gasteiger partial charge in [0.25, 0.3) is 0 Å². The van der Waals surface area contributed by atoms with Crippen molar-refractivity contribution in [3.63, 3.8) is 0 Å². The van der Waals surface area contributed by atoms with Gasteiger partial charge in [-0.2, -0.15) is 0 Å². The Bertz CT molecular complexity index is 688. The van der Waals surface area contributed by atoms with E-state index in [0.29, 0.717) is 35.3 Å². The van der Waals surface area contributed by atoms with E-state index in [1.165, 1.54) is 6.21 Å². The van der Waals surface area contributed by atoms with Gasteiger partial charge in [0.2, 0.25) is 0 Å². The SMILES string of the molecule is COc1cccc(C=NO)c1OCCOc1ccc(Cl)c(C)c1. The molecule has 0 heterocycles. The smallest absolute Gasteiger partial charge is 0.170 e. The van der Waals surface area contributed by atoms with Crippen molar-refractivity contribution in [2.45, 2.75) is 6.92 Å². The summed E-state index contributed by atoms with van der Waals surface area (Å²) >= 11 is 5.98. The van der Waals surface area contributed by atoms with Crippen molar-refractivity contribution in [1.29, 1.82) is 0 Å². The molecule has 5 nitrogen and oxygen atoms in total. The van der Waals surface area contributed by atoms with Crippen molar-refractivity contribution in [3.05, 3.63) is 52.5 Å². The molecule has 0 radical (unpaired) electrons.